The molecule has 0 aliphatic carbocycles. The van der Waals surface area contributed by atoms with Gasteiger partial charge in [-0.1, -0.05) is 54.3 Å². The van der Waals surface area contributed by atoms with Crippen molar-refractivity contribution in [3.63, 3.8) is 0 Å². The predicted molar refractivity (Wildman–Crippen MR) is 115 cm³/mol. The maximum atomic E-state index is 12.9. The molecule has 1 atom stereocenters. The van der Waals surface area contributed by atoms with E-state index in [1.165, 1.54) is 28.7 Å². The van der Waals surface area contributed by atoms with E-state index in [4.69, 9.17) is 0 Å². The van der Waals surface area contributed by atoms with Gasteiger partial charge in [-0.25, -0.2) is 0 Å². The van der Waals surface area contributed by atoms with Gasteiger partial charge in [-0.05, 0) is 36.2 Å². The lowest BCUT2D eigenvalue weighted by Gasteiger charge is -2.17. The van der Waals surface area contributed by atoms with Crippen LogP contribution in [0.5, 0.6) is 0 Å². The van der Waals surface area contributed by atoms with Crippen LogP contribution in [0.3, 0.4) is 0 Å². The summed E-state index contributed by atoms with van der Waals surface area (Å²) in [5, 5.41) is 10.9. The Balaban J connectivity index is 1.45. The van der Waals surface area contributed by atoms with E-state index in [9.17, 15) is 9.59 Å². The van der Waals surface area contributed by atoms with Gasteiger partial charge in [-0.2, -0.15) is 0 Å². The minimum Gasteiger partial charge on any atom is -0.325 e. The molecule has 1 aromatic heterocycles. The van der Waals surface area contributed by atoms with Crippen LogP contribution in [0.25, 0.3) is 0 Å². The van der Waals surface area contributed by atoms with Crippen LogP contribution >= 0.6 is 23.1 Å². The molecule has 3 aromatic rings. The third-order valence-electron chi connectivity index (χ3n) is 4.83. The van der Waals surface area contributed by atoms with E-state index in [1.54, 1.807) is 10.4 Å². The Bertz CT molecular complexity index is 1010. The highest BCUT2D eigenvalue weighted by molar-refractivity contribution is 8.01. The highest BCUT2D eigenvalue weighted by atomic mass is 32.2. The zero-order valence-electron chi connectivity index (χ0n) is 15.9. The second-order valence-electron chi connectivity index (χ2n) is 6.72. The summed E-state index contributed by atoms with van der Waals surface area (Å²) in [5.41, 5.74) is 4.46. The first-order chi connectivity index (χ1) is 14.1. The van der Waals surface area contributed by atoms with E-state index in [1.807, 2.05) is 48.5 Å². The molecule has 1 aliphatic rings. The molecular weight excluding hydrogens is 404 g/mol. The Morgan fingerprint density at radius 2 is 2.03 bits per heavy atom. The molecule has 29 heavy (non-hydrogen) atoms. The molecule has 148 valence electrons. The number of carbonyl (C=O) groups is 2. The second-order valence-corrected chi connectivity index (χ2v) is 8.84. The molecule has 0 saturated carbocycles. The molecule has 1 N–H and O–H groups in total. The number of para-hydroxylation sites is 1. The topological polar surface area (TPSA) is 75.2 Å². The fourth-order valence-corrected chi connectivity index (χ4v) is 4.76. The van der Waals surface area contributed by atoms with Crippen molar-refractivity contribution in [3.05, 3.63) is 59.6 Å². The standard InChI is InChI=1S/C21H20N4O2S2/c1-2-14-7-9-16(10-8-14)25-12-15(11-19(25)26)20(27)23-17-5-3-4-6-18(17)29-21-24-22-13-28-21/h3-10,13,15H,2,11-12H2,1H3,(H,23,27). The van der Waals surface area contributed by atoms with Crippen molar-refractivity contribution >= 4 is 46.3 Å². The number of aryl methyl sites for hydroxylation is 1. The van der Waals surface area contributed by atoms with Crippen molar-refractivity contribution in [2.45, 2.75) is 29.0 Å². The average Bonchev–Trinajstić information content (AvgIpc) is 3.39. The van der Waals surface area contributed by atoms with Crippen LogP contribution in [0, 0.1) is 5.92 Å². The molecule has 0 bridgehead atoms. The Morgan fingerprint density at radius 1 is 1.24 bits per heavy atom. The van der Waals surface area contributed by atoms with E-state index in [0.717, 1.165) is 27.0 Å². The van der Waals surface area contributed by atoms with E-state index < -0.39 is 0 Å². The van der Waals surface area contributed by atoms with Gasteiger partial charge in [0.25, 0.3) is 0 Å². The Labute approximate surface area is 177 Å². The Morgan fingerprint density at radius 3 is 2.76 bits per heavy atom. The van der Waals surface area contributed by atoms with Gasteiger partial charge in [0, 0.05) is 23.5 Å². The molecular formula is C21H20N4O2S2. The summed E-state index contributed by atoms with van der Waals surface area (Å²) in [6.45, 7) is 2.49. The first kappa shape index (κ1) is 19.6. The number of aromatic nitrogens is 2. The number of carbonyl (C=O) groups excluding carboxylic acids is 2. The van der Waals surface area contributed by atoms with Gasteiger partial charge in [0.05, 0.1) is 11.6 Å². The predicted octanol–water partition coefficient (Wildman–Crippen LogP) is 4.24. The summed E-state index contributed by atoms with van der Waals surface area (Å²) in [4.78, 5) is 28.0. The lowest BCUT2D eigenvalue weighted by Crippen LogP contribution is -2.28. The number of anilines is 2. The van der Waals surface area contributed by atoms with Crippen molar-refractivity contribution in [3.8, 4) is 0 Å². The number of hydrogen-bond acceptors (Lipinski definition) is 6. The van der Waals surface area contributed by atoms with Crippen molar-refractivity contribution in [1.29, 1.82) is 0 Å². The van der Waals surface area contributed by atoms with Gasteiger partial charge >= 0.3 is 0 Å². The number of benzene rings is 2. The summed E-state index contributed by atoms with van der Waals surface area (Å²) in [7, 11) is 0. The molecule has 1 unspecified atom stereocenters. The molecule has 8 heteroatoms. The third kappa shape index (κ3) is 4.49. The maximum absolute atomic E-state index is 12.9. The largest absolute Gasteiger partial charge is 0.325 e. The van der Waals surface area contributed by atoms with Gasteiger partial charge in [0.1, 0.15) is 5.51 Å². The zero-order valence-corrected chi connectivity index (χ0v) is 17.5. The van der Waals surface area contributed by atoms with Crippen LogP contribution in [0.4, 0.5) is 11.4 Å². The normalized spacial score (nSPS) is 16.2. The fourth-order valence-electron chi connectivity index (χ4n) is 3.24. The minimum atomic E-state index is -0.382. The van der Waals surface area contributed by atoms with Gasteiger partial charge in [-0.15, -0.1) is 10.2 Å². The molecule has 1 fully saturated rings. The quantitative estimate of drug-likeness (QED) is 0.640. The molecule has 6 nitrogen and oxygen atoms in total. The zero-order chi connectivity index (χ0) is 20.2. The first-order valence-electron chi connectivity index (χ1n) is 9.37. The SMILES string of the molecule is CCc1ccc(N2CC(C(=O)Nc3ccccc3Sc3nncs3)CC2=O)cc1. The number of rotatable bonds is 6. The van der Waals surface area contributed by atoms with Gasteiger partial charge in [-0.3, -0.25) is 9.59 Å². The molecule has 2 aromatic carbocycles. The van der Waals surface area contributed by atoms with Crippen molar-refractivity contribution < 1.29 is 9.59 Å². The molecule has 4 rings (SSSR count). The summed E-state index contributed by atoms with van der Waals surface area (Å²) < 4.78 is 0.810. The smallest absolute Gasteiger partial charge is 0.229 e. The average molecular weight is 425 g/mol. The molecule has 1 saturated heterocycles. The summed E-state index contributed by atoms with van der Waals surface area (Å²) >= 11 is 2.91. The van der Waals surface area contributed by atoms with Gasteiger partial charge in [0.15, 0.2) is 4.34 Å². The highest BCUT2D eigenvalue weighted by Crippen LogP contribution is 2.34. The third-order valence-corrected chi connectivity index (χ3v) is 6.69. The Hall–Kier alpha value is -2.71. The van der Waals surface area contributed by atoms with Crippen LogP contribution < -0.4 is 10.2 Å². The van der Waals surface area contributed by atoms with Crippen LogP contribution in [-0.2, 0) is 16.0 Å². The van der Waals surface area contributed by atoms with Crippen LogP contribution in [0.2, 0.25) is 0 Å². The van der Waals surface area contributed by atoms with E-state index in [-0.39, 0.29) is 24.2 Å². The number of amides is 2. The minimum absolute atomic E-state index is 0.0223. The summed E-state index contributed by atoms with van der Waals surface area (Å²) in [6.07, 6.45) is 1.17. The highest BCUT2D eigenvalue weighted by Gasteiger charge is 2.35. The van der Waals surface area contributed by atoms with E-state index >= 15 is 0 Å². The summed E-state index contributed by atoms with van der Waals surface area (Å²) in [5.74, 6) is -0.546. The van der Waals surface area contributed by atoms with Crippen molar-refractivity contribution in [2.24, 2.45) is 5.92 Å². The van der Waals surface area contributed by atoms with Crippen LogP contribution in [0.1, 0.15) is 18.9 Å². The lowest BCUT2D eigenvalue weighted by molar-refractivity contribution is -0.122. The van der Waals surface area contributed by atoms with Crippen molar-refractivity contribution in [1.82, 2.24) is 10.2 Å². The molecule has 1 aliphatic heterocycles. The Kier molecular flexibility index (Phi) is 5.92. The van der Waals surface area contributed by atoms with Crippen LogP contribution in [0.15, 0.2) is 63.3 Å². The fraction of sp³-hybridized carbons (Fsp3) is 0.238. The van der Waals surface area contributed by atoms with Crippen molar-refractivity contribution in [2.75, 3.05) is 16.8 Å². The molecule has 0 radical (unpaired) electrons. The summed E-state index contributed by atoms with van der Waals surface area (Å²) in [6, 6.07) is 15.5. The van der Waals surface area contributed by atoms with Crippen LogP contribution in [-0.4, -0.2) is 28.6 Å². The molecule has 0 spiro atoms. The second kappa shape index (κ2) is 8.75. The molecule has 2 amide bonds. The van der Waals surface area contributed by atoms with E-state index in [2.05, 4.69) is 22.4 Å². The number of hydrogen-bond donors (Lipinski definition) is 1. The monoisotopic (exact) mass is 424 g/mol. The maximum Gasteiger partial charge on any atom is 0.229 e. The van der Waals surface area contributed by atoms with Gasteiger partial charge in [0.2, 0.25) is 11.8 Å². The van der Waals surface area contributed by atoms with Gasteiger partial charge < -0.3 is 10.2 Å². The lowest BCUT2D eigenvalue weighted by atomic mass is 10.1. The number of nitrogens with zero attached hydrogens (tertiary/aromatic N) is 3. The van der Waals surface area contributed by atoms with E-state index in [0.29, 0.717) is 6.54 Å². The first-order valence-corrected chi connectivity index (χ1v) is 11.1. The number of nitrogens with one attached hydrogen (secondary N) is 1. The molecule has 2 heterocycles.